The summed E-state index contributed by atoms with van der Waals surface area (Å²) in [5.74, 6) is 1.93. The van der Waals surface area contributed by atoms with Crippen molar-refractivity contribution >= 4 is 17.5 Å². The van der Waals surface area contributed by atoms with E-state index in [1.165, 1.54) is 0 Å². The monoisotopic (exact) mass is 385 g/mol. The molecule has 140 valence electrons. The van der Waals surface area contributed by atoms with E-state index in [0.717, 1.165) is 11.3 Å². The summed E-state index contributed by atoms with van der Waals surface area (Å²) in [5, 5.41) is 0.618. The number of nitrogens with zero attached hydrogens (tertiary/aromatic N) is 1. The molecule has 0 fully saturated rings. The van der Waals surface area contributed by atoms with Gasteiger partial charge < -0.3 is 18.8 Å². The molecule has 0 N–H and O–H groups in total. The SMILES string of the molecule is COc1ccc(CN(Cc2ccco2)C(=O)COc2ccc(Cl)cc2)cc1. The number of benzene rings is 2. The van der Waals surface area contributed by atoms with Gasteiger partial charge in [-0.25, -0.2) is 0 Å². The molecule has 0 aliphatic rings. The molecule has 0 radical (unpaired) electrons. The van der Waals surface area contributed by atoms with Crippen LogP contribution in [0.4, 0.5) is 0 Å². The van der Waals surface area contributed by atoms with Crippen molar-refractivity contribution in [3.63, 3.8) is 0 Å². The molecule has 27 heavy (non-hydrogen) atoms. The second kappa shape index (κ2) is 9.14. The molecule has 0 saturated carbocycles. The van der Waals surface area contributed by atoms with Crippen LogP contribution < -0.4 is 9.47 Å². The number of hydrogen-bond acceptors (Lipinski definition) is 4. The number of carbonyl (C=O) groups excluding carboxylic acids is 1. The van der Waals surface area contributed by atoms with Crippen LogP contribution in [0.3, 0.4) is 0 Å². The average Bonchev–Trinajstić information content (AvgIpc) is 3.20. The Balaban J connectivity index is 1.67. The first-order chi connectivity index (χ1) is 13.1. The minimum absolute atomic E-state index is 0.0709. The van der Waals surface area contributed by atoms with Gasteiger partial charge in [0.05, 0.1) is 19.9 Å². The number of carbonyl (C=O) groups is 1. The van der Waals surface area contributed by atoms with Gasteiger partial charge in [0.1, 0.15) is 17.3 Å². The highest BCUT2D eigenvalue weighted by atomic mass is 35.5. The van der Waals surface area contributed by atoms with E-state index in [4.69, 9.17) is 25.5 Å². The van der Waals surface area contributed by atoms with E-state index in [1.807, 2.05) is 30.3 Å². The maximum atomic E-state index is 12.7. The maximum Gasteiger partial charge on any atom is 0.261 e. The Labute approximate surface area is 163 Å². The molecule has 0 aliphatic carbocycles. The number of methoxy groups -OCH3 is 1. The summed E-state index contributed by atoms with van der Waals surface area (Å²) in [4.78, 5) is 14.4. The van der Waals surface area contributed by atoms with E-state index >= 15 is 0 Å². The number of furan rings is 1. The molecule has 1 heterocycles. The fourth-order valence-electron chi connectivity index (χ4n) is 2.54. The van der Waals surface area contributed by atoms with Gasteiger partial charge in [-0.15, -0.1) is 0 Å². The van der Waals surface area contributed by atoms with Gasteiger partial charge in [-0.2, -0.15) is 0 Å². The van der Waals surface area contributed by atoms with E-state index in [2.05, 4.69) is 0 Å². The Bertz CT molecular complexity index is 845. The van der Waals surface area contributed by atoms with Crippen molar-refractivity contribution in [1.29, 1.82) is 0 Å². The Morgan fingerprint density at radius 2 is 1.70 bits per heavy atom. The Morgan fingerprint density at radius 1 is 1.00 bits per heavy atom. The molecule has 3 rings (SSSR count). The van der Waals surface area contributed by atoms with Gasteiger partial charge in [0, 0.05) is 11.6 Å². The highest BCUT2D eigenvalue weighted by Gasteiger charge is 2.17. The van der Waals surface area contributed by atoms with Gasteiger partial charge in [0.2, 0.25) is 0 Å². The standard InChI is InChI=1S/C21H20ClNO4/c1-25-18-8-4-16(5-9-18)13-23(14-20-3-2-12-26-20)21(24)15-27-19-10-6-17(22)7-11-19/h2-12H,13-15H2,1H3. The van der Waals surface area contributed by atoms with Crippen molar-refractivity contribution in [2.45, 2.75) is 13.1 Å². The lowest BCUT2D eigenvalue weighted by Crippen LogP contribution is -2.34. The van der Waals surface area contributed by atoms with E-state index in [0.29, 0.717) is 29.6 Å². The predicted octanol–water partition coefficient (Wildman–Crippen LogP) is 4.55. The fraction of sp³-hybridized carbons (Fsp3) is 0.190. The Morgan fingerprint density at radius 3 is 2.33 bits per heavy atom. The van der Waals surface area contributed by atoms with Gasteiger partial charge in [-0.1, -0.05) is 23.7 Å². The molecule has 0 spiro atoms. The zero-order chi connectivity index (χ0) is 19.1. The lowest BCUT2D eigenvalue weighted by Gasteiger charge is -2.22. The second-order valence-corrected chi connectivity index (χ2v) is 6.36. The molecule has 0 saturated heterocycles. The van der Waals surface area contributed by atoms with Crippen LogP contribution in [0.2, 0.25) is 5.02 Å². The first-order valence-corrected chi connectivity index (χ1v) is 8.83. The average molecular weight is 386 g/mol. The summed E-state index contributed by atoms with van der Waals surface area (Å²) in [6.45, 7) is 0.730. The molecule has 1 aromatic heterocycles. The summed E-state index contributed by atoms with van der Waals surface area (Å²) >= 11 is 5.87. The quantitative estimate of drug-likeness (QED) is 0.570. The van der Waals surface area contributed by atoms with E-state index in [9.17, 15) is 4.79 Å². The topological polar surface area (TPSA) is 51.9 Å². The molecule has 5 nitrogen and oxygen atoms in total. The molecular formula is C21H20ClNO4. The van der Waals surface area contributed by atoms with Gasteiger partial charge >= 0.3 is 0 Å². The number of halogens is 1. The summed E-state index contributed by atoms with van der Waals surface area (Å²) in [7, 11) is 1.62. The predicted molar refractivity (Wildman–Crippen MR) is 103 cm³/mol. The van der Waals surface area contributed by atoms with Gasteiger partial charge in [0.15, 0.2) is 6.61 Å². The molecular weight excluding hydrogens is 366 g/mol. The van der Waals surface area contributed by atoms with E-state index in [1.54, 1.807) is 48.6 Å². The second-order valence-electron chi connectivity index (χ2n) is 5.92. The number of ether oxygens (including phenoxy) is 2. The molecule has 1 amide bonds. The van der Waals surface area contributed by atoms with Crippen LogP contribution in [0.15, 0.2) is 71.3 Å². The minimum Gasteiger partial charge on any atom is -0.497 e. The zero-order valence-corrected chi connectivity index (χ0v) is 15.7. The Kier molecular flexibility index (Phi) is 6.39. The fourth-order valence-corrected chi connectivity index (χ4v) is 2.67. The van der Waals surface area contributed by atoms with Crippen LogP contribution in [-0.4, -0.2) is 24.5 Å². The Hall–Kier alpha value is -2.92. The van der Waals surface area contributed by atoms with Gasteiger partial charge in [0.25, 0.3) is 5.91 Å². The molecule has 2 aromatic carbocycles. The van der Waals surface area contributed by atoms with Gasteiger partial charge in [-0.3, -0.25) is 4.79 Å². The van der Waals surface area contributed by atoms with Crippen LogP contribution in [0, 0.1) is 0 Å². The first kappa shape index (κ1) is 18.9. The molecule has 6 heteroatoms. The molecule has 0 aliphatic heterocycles. The van der Waals surface area contributed by atoms with E-state index in [-0.39, 0.29) is 12.5 Å². The summed E-state index contributed by atoms with van der Waals surface area (Å²) in [6, 6.07) is 18.2. The minimum atomic E-state index is -0.142. The van der Waals surface area contributed by atoms with Crippen molar-refractivity contribution in [2.75, 3.05) is 13.7 Å². The summed E-state index contributed by atoms with van der Waals surface area (Å²) < 4.78 is 16.2. The summed E-state index contributed by atoms with van der Waals surface area (Å²) in [6.07, 6.45) is 1.59. The third-order valence-corrected chi connectivity index (χ3v) is 4.24. The normalized spacial score (nSPS) is 10.4. The number of rotatable bonds is 8. The molecule has 0 bridgehead atoms. The molecule has 3 aromatic rings. The lowest BCUT2D eigenvalue weighted by molar-refractivity contribution is -0.134. The van der Waals surface area contributed by atoms with Crippen LogP contribution >= 0.6 is 11.6 Å². The molecule has 0 unspecified atom stereocenters. The largest absolute Gasteiger partial charge is 0.497 e. The van der Waals surface area contributed by atoms with Crippen molar-refractivity contribution in [3.05, 3.63) is 83.3 Å². The third-order valence-electron chi connectivity index (χ3n) is 3.99. The summed E-state index contributed by atoms with van der Waals surface area (Å²) in [5.41, 5.74) is 0.988. The van der Waals surface area contributed by atoms with E-state index < -0.39 is 0 Å². The lowest BCUT2D eigenvalue weighted by atomic mass is 10.2. The van der Waals surface area contributed by atoms with Crippen molar-refractivity contribution in [3.8, 4) is 11.5 Å². The smallest absolute Gasteiger partial charge is 0.261 e. The number of amides is 1. The van der Waals surface area contributed by atoms with Crippen molar-refractivity contribution in [1.82, 2.24) is 4.90 Å². The highest BCUT2D eigenvalue weighted by molar-refractivity contribution is 6.30. The third kappa shape index (κ3) is 5.53. The van der Waals surface area contributed by atoms with Crippen LogP contribution in [0.25, 0.3) is 0 Å². The zero-order valence-electron chi connectivity index (χ0n) is 14.9. The van der Waals surface area contributed by atoms with Crippen LogP contribution in [0.5, 0.6) is 11.5 Å². The first-order valence-electron chi connectivity index (χ1n) is 8.45. The maximum absolute atomic E-state index is 12.7. The highest BCUT2D eigenvalue weighted by Crippen LogP contribution is 2.17. The number of hydrogen-bond donors (Lipinski definition) is 0. The van der Waals surface area contributed by atoms with Crippen LogP contribution in [-0.2, 0) is 17.9 Å². The molecule has 0 atom stereocenters. The van der Waals surface area contributed by atoms with Crippen LogP contribution in [0.1, 0.15) is 11.3 Å². The van der Waals surface area contributed by atoms with Crippen molar-refractivity contribution < 1.29 is 18.7 Å². The van der Waals surface area contributed by atoms with Gasteiger partial charge in [-0.05, 0) is 54.1 Å². The van der Waals surface area contributed by atoms with Crippen molar-refractivity contribution in [2.24, 2.45) is 0 Å².